The normalized spacial score (nSPS) is 24.9. The molecular formula is C13H20N2O3. The Bertz CT molecular complexity index is 386. The first-order valence-electron chi connectivity index (χ1n) is 6.19. The first-order chi connectivity index (χ1) is 8.30. The van der Waals surface area contributed by atoms with Gasteiger partial charge in [-0.25, -0.2) is 0 Å². The van der Waals surface area contributed by atoms with Crippen molar-refractivity contribution in [3.63, 3.8) is 0 Å². The van der Waals surface area contributed by atoms with E-state index in [1.165, 1.54) is 0 Å². The molecular weight excluding hydrogens is 232 g/mol. The summed E-state index contributed by atoms with van der Waals surface area (Å²) in [7, 11) is 0. The van der Waals surface area contributed by atoms with Crippen molar-refractivity contribution >= 4 is 11.9 Å². The lowest BCUT2D eigenvalue weighted by Crippen LogP contribution is -2.50. The van der Waals surface area contributed by atoms with Crippen LogP contribution in [0, 0.1) is 29.1 Å². The van der Waals surface area contributed by atoms with Gasteiger partial charge in [-0.1, -0.05) is 20.8 Å². The van der Waals surface area contributed by atoms with Gasteiger partial charge in [0, 0.05) is 0 Å². The highest BCUT2D eigenvalue weighted by Gasteiger charge is 2.40. The quantitative estimate of drug-likeness (QED) is 0.747. The second-order valence-electron chi connectivity index (χ2n) is 5.44. The number of ether oxygens (including phenoxy) is 1. The number of carbonyl (C=O) groups excluding carboxylic acids is 2. The SMILES string of the molecule is CC(C)[C@](C)(C#N)NC(=O)COC(=O)[C@H]1C[C@H]1C. The summed E-state index contributed by atoms with van der Waals surface area (Å²) in [6.07, 6.45) is 0.836. The summed E-state index contributed by atoms with van der Waals surface area (Å²) in [5, 5.41) is 11.6. The molecule has 0 unspecified atom stereocenters. The maximum Gasteiger partial charge on any atom is 0.309 e. The molecule has 1 amide bonds. The van der Waals surface area contributed by atoms with Crippen LogP contribution in [0.15, 0.2) is 0 Å². The molecule has 0 aromatic carbocycles. The minimum absolute atomic E-state index is 0.0226. The van der Waals surface area contributed by atoms with Gasteiger partial charge in [-0.3, -0.25) is 9.59 Å². The number of nitriles is 1. The smallest absolute Gasteiger partial charge is 0.309 e. The van der Waals surface area contributed by atoms with E-state index in [2.05, 4.69) is 11.4 Å². The Labute approximate surface area is 107 Å². The molecule has 1 aliphatic carbocycles. The van der Waals surface area contributed by atoms with Crippen molar-refractivity contribution in [3.8, 4) is 6.07 Å². The number of amides is 1. The Balaban J connectivity index is 2.38. The van der Waals surface area contributed by atoms with Crippen LogP contribution >= 0.6 is 0 Å². The summed E-state index contributed by atoms with van der Waals surface area (Å²) in [5.41, 5.74) is -0.934. The Morgan fingerprint density at radius 3 is 2.50 bits per heavy atom. The van der Waals surface area contributed by atoms with Crippen molar-refractivity contribution < 1.29 is 14.3 Å². The van der Waals surface area contributed by atoms with E-state index in [1.54, 1.807) is 6.92 Å². The van der Waals surface area contributed by atoms with Crippen molar-refractivity contribution in [2.45, 2.75) is 39.7 Å². The molecule has 0 aliphatic heterocycles. The van der Waals surface area contributed by atoms with E-state index in [0.717, 1.165) is 6.42 Å². The molecule has 5 nitrogen and oxygen atoms in total. The number of hydrogen-bond donors (Lipinski definition) is 1. The molecule has 1 N–H and O–H groups in total. The Hall–Kier alpha value is -1.57. The van der Waals surface area contributed by atoms with Crippen LogP contribution in [0.25, 0.3) is 0 Å². The molecule has 1 fully saturated rings. The van der Waals surface area contributed by atoms with Gasteiger partial charge in [-0.15, -0.1) is 0 Å². The average molecular weight is 252 g/mol. The zero-order valence-electron chi connectivity index (χ0n) is 11.3. The molecule has 5 heteroatoms. The third-order valence-corrected chi connectivity index (χ3v) is 3.54. The van der Waals surface area contributed by atoms with E-state index in [0.29, 0.717) is 5.92 Å². The number of nitrogens with zero attached hydrogens (tertiary/aromatic N) is 1. The number of nitrogens with one attached hydrogen (secondary N) is 1. The summed E-state index contributed by atoms with van der Waals surface area (Å²) in [6, 6.07) is 2.07. The van der Waals surface area contributed by atoms with Gasteiger partial charge in [0.05, 0.1) is 12.0 Å². The predicted molar refractivity (Wildman–Crippen MR) is 65.2 cm³/mol. The van der Waals surface area contributed by atoms with Crippen molar-refractivity contribution in [1.29, 1.82) is 5.26 Å². The van der Waals surface area contributed by atoms with Crippen LogP contribution in [-0.2, 0) is 14.3 Å². The lowest BCUT2D eigenvalue weighted by molar-refractivity contribution is -0.150. The molecule has 0 aromatic rings. The summed E-state index contributed by atoms with van der Waals surface area (Å²) in [6.45, 7) is 7.01. The van der Waals surface area contributed by atoms with Crippen LogP contribution in [-0.4, -0.2) is 24.0 Å². The van der Waals surface area contributed by atoms with Gasteiger partial charge in [0.2, 0.25) is 0 Å². The highest BCUT2D eigenvalue weighted by Crippen LogP contribution is 2.38. The molecule has 100 valence electrons. The van der Waals surface area contributed by atoms with Gasteiger partial charge >= 0.3 is 5.97 Å². The fourth-order valence-corrected chi connectivity index (χ4v) is 1.52. The van der Waals surface area contributed by atoms with Crippen LogP contribution in [0.3, 0.4) is 0 Å². The van der Waals surface area contributed by atoms with Gasteiger partial charge < -0.3 is 10.1 Å². The number of hydrogen-bond acceptors (Lipinski definition) is 4. The van der Waals surface area contributed by atoms with Crippen molar-refractivity contribution in [1.82, 2.24) is 5.32 Å². The molecule has 3 atom stereocenters. The zero-order valence-corrected chi connectivity index (χ0v) is 11.3. The molecule has 18 heavy (non-hydrogen) atoms. The third-order valence-electron chi connectivity index (χ3n) is 3.54. The van der Waals surface area contributed by atoms with Crippen LogP contribution in [0.5, 0.6) is 0 Å². The summed E-state index contributed by atoms with van der Waals surface area (Å²) < 4.78 is 4.91. The largest absolute Gasteiger partial charge is 0.455 e. The minimum atomic E-state index is -0.934. The highest BCUT2D eigenvalue weighted by molar-refractivity contribution is 5.83. The van der Waals surface area contributed by atoms with Crippen LogP contribution in [0.4, 0.5) is 0 Å². The van der Waals surface area contributed by atoms with E-state index < -0.39 is 11.4 Å². The van der Waals surface area contributed by atoms with Crippen molar-refractivity contribution in [2.75, 3.05) is 6.61 Å². The molecule has 0 bridgehead atoms. The Morgan fingerprint density at radius 1 is 1.56 bits per heavy atom. The van der Waals surface area contributed by atoms with Gasteiger partial charge in [0.25, 0.3) is 5.91 Å². The van der Waals surface area contributed by atoms with Crippen molar-refractivity contribution in [2.24, 2.45) is 17.8 Å². The number of rotatable bonds is 5. The first kappa shape index (κ1) is 14.5. The molecule has 0 saturated heterocycles. The van der Waals surface area contributed by atoms with Crippen LogP contribution in [0.2, 0.25) is 0 Å². The maximum absolute atomic E-state index is 11.6. The molecule has 0 radical (unpaired) electrons. The lowest BCUT2D eigenvalue weighted by atomic mass is 9.90. The number of esters is 1. The molecule has 1 saturated carbocycles. The Kier molecular flexibility index (Phi) is 4.33. The Morgan fingerprint density at radius 2 is 2.11 bits per heavy atom. The van der Waals surface area contributed by atoms with Gasteiger partial charge in [0.15, 0.2) is 6.61 Å². The zero-order chi connectivity index (χ0) is 13.9. The fourth-order valence-electron chi connectivity index (χ4n) is 1.52. The molecule has 0 spiro atoms. The molecule has 0 aromatic heterocycles. The van der Waals surface area contributed by atoms with Gasteiger partial charge in [-0.05, 0) is 25.2 Å². The van der Waals surface area contributed by atoms with E-state index in [1.807, 2.05) is 20.8 Å². The molecule has 1 rings (SSSR count). The van der Waals surface area contributed by atoms with Crippen LogP contribution in [0.1, 0.15) is 34.1 Å². The van der Waals surface area contributed by atoms with E-state index >= 15 is 0 Å². The first-order valence-corrected chi connectivity index (χ1v) is 6.19. The minimum Gasteiger partial charge on any atom is -0.455 e. The van der Waals surface area contributed by atoms with E-state index in [4.69, 9.17) is 10.00 Å². The fraction of sp³-hybridized carbons (Fsp3) is 0.769. The van der Waals surface area contributed by atoms with Crippen molar-refractivity contribution in [3.05, 3.63) is 0 Å². The monoisotopic (exact) mass is 252 g/mol. The third kappa shape index (κ3) is 3.46. The molecule has 0 heterocycles. The van der Waals surface area contributed by atoms with Crippen LogP contribution < -0.4 is 5.32 Å². The summed E-state index contributed by atoms with van der Waals surface area (Å²) in [4.78, 5) is 23.0. The second-order valence-corrected chi connectivity index (χ2v) is 5.44. The van der Waals surface area contributed by atoms with E-state index in [-0.39, 0.29) is 24.4 Å². The topological polar surface area (TPSA) is 79.2 Å². The van der Waals surface area contributed by atoms with Gasteiger partial charge in [-0.2, -0.15) is 5.26 Å². The predicted octanol–water partition coefficient (Wildman–Crippen LogP) is 1.24. The standard InChI is InChI=1S/C13H20N2O3/c1-8(2)13(4,7-14)15-11(16)6-18-12(17)10-5-9(10)3/h8-10H,5-6H2,1-4H3,(H,15,16)/t9-,10+,13+/m1/s1. The highest BCUT2D eigenvalue weighted by atomic mass is 16.5. The van der Waals surface area contributed by atoms with E-state index in [9.17, 15) is 9.59 Å². The maximum atomic E-state index is 11.6. The summed E-state index contributed by atoms with van der Waals surface area (Å²) in [5.74, 6) is -0.466. The average Bonchev–Trinajstić information content (AvgIpc) is 3.03. The number of carbonyl (C=O) groups is 2. The lowest BCUT2D eigenvalue weighted by Gasteiger charge is -2.27. The molecule has 1 aliphatic rings. The van der Waals surface area contributed by atoms with Gasteiger partial charge in [0.1, 0.15) is 5.54 Å². The second kappa shape index (κ2) is 5.38. The summed E-state index contributed by atoms with van der Waals surface area (Å²) >= 11 is 0.